The highest BCUT2D eigenvalue weighted by atomic mass is 32.1. The first-order valence-corrected chi connectivity index (χ1v) is 8.63. The lowest BCUT2D eigenvalue weighted by Gasteiger charge is -2.23. The summed E-state index contributed by atoms with van der Waals surface area (Å²) in [5, 5.41) is 7.82. The van der Waals surface area contributed by atoms with E-state index in [1.54, 1.807) is 11.3 Å². The van der Waals surface area contributed by atoms with Gasteiger partial charge in [-0.3, -0.25) is 0 Å². The normalized spacial score (nSPS) is 14.6. The van der Waals surface area contributed by atoms with Crippen LogP contribution in [0.3, 0.4) is 0 Å². The Balaban J connectivity index is 1.74. The maximum Gasteiger partial charge on any atom is 0.129 e. The van der Waals surface area contributed by atoms with Crippen molar-refractivity contribution in [2.24, 2.45) is 0 Å². The summed E-state index contributed by atoms with van der Waals surface area (Å²) in [5.74, 6) is 1.12. The van der Waals surface area contributed by atoms with Gasteiger partial charge in [0, 0.05) is 25.2 Å². The smallest absolute Gasteiger partial charge is 0.129 e. The molecule has 4 heteroatoms. The van der Waals surface area contributed by atoms with Gasteiger partial charge in [-0.15, -0.1) is 0 Å². The molecule has 0 atom stereocenters. The Morgan fingerprint density at radius 1 is 1.33 bits per heavy atom. The lowest BCUT2D eigenvalue weighted by molar-refractivity contribution is 0.581. The Morgan fingerprint density at radius 2 is 2.19 bits per heavy atom. The fourth-order valence-corrected chi connectivity index (χ4v) is 3.06. The zero-order valence-corrected chi connectivity index (χ0v) is 13.6. The Hall–Kier alpha value is -1.39. The SMILES string of the molecule is CC(C)NCc1cccc(N(Cc2ccsc2)C2CC2)n1. The predicted octanol–water partition coefficient (Wildman–Crippen LogP) is 3.81. The Labute approximate surface area is 131 Å². The Kier molecular flexibility index (Phi) is 4.56. The number of hydrogen-bond donors (Lipinski definition) is 1. The minimum atomic E-state index is 0.487. The van der Waals surface area contributed by atoms with Crippen molar-refractivity contribution in [3.63, 3.8) is 0 Å². The number of rotatable bonds is 7. The van der Waals surface area contributed by atoms with Crippen LogP contribution in [0.5, 0.6) is 0 Å². The summed E-state index contributed by atoms with van der Waals surface area (Å²) in [7, 11) is 0. The maximum atomic E-state index is 4.85. The molecule has 2 aromatic heterocycles. The van der Waals surface area contributed by atoms with Crippen LogP contribution >= 0.6 is 11.3 Å². The van der Waals surface area contributed by atoms with Crippen molar-refractivity contribution in [2.75, 3.05) is 4.90 Å². The molecule has 2 heterocycles. The van der Waals surface area contributed by atoms with Gasteiger partial charge in [-0.05, 0) is 47.4 Å². The van der Waals surface area contributed by atoms with E-state index in [4.69, 9.17) is 4.98 Å². The third kappa shape index (κ3) is 4.05. The van der Waals surface area contributed by atoms with Crippen molar-refractivity contribution in [3.8, 4) is 0 Å². The van der Waals surface area contributed by atoms with Crippen molar-refractivity contribution in [2.45, 2.75) is 51.9 Å². The van der Waals surface area contributed by atoms with E-state index < -0.39 is 0 Å². The molecule has 1 aliphatic carbocycles. The first-order chi connectivity index (χ1) is 10.2. The summed E-state index contributed by atoms with van der Waals surface area (Å²) in [6, 6.07) is 9.75. The average Bonchev–Trinajstić information content (AvgIpc) is 3.19. The van der Waals surface area contributed by atoms with Gasteiger partial charge in [-0.2, -0.15) is 11.3 Å². The molecule has 0 aliphatic heterocycles. The second-order valence-electron chi connectivity index (χ2n) is 6.01. The van der Waals surface area contributed by atoms with Crippen LogP contribution in [0.4, 0.5) is 5.82 Å². The first-order valence-electron chi connectivity index (χ1n) is 7.69. The van der Waals surface area contributed by atoms with E-state index in [0.29, 0.717) is 12.1 Å². The standard InChI is InChI=1S/C17H23N3S/c1-13(2)18-10-15-4-3-5-17(19-15)20(16-6-7-16)11-14-8-9-21-12-14/h3-5,8-9,12-13,16,18H,6-7,10-11H2,1-2H3. The number of hydrogen-bond acceptors (Lipinski definition) is 4. The monoisotopic (exact) mass is 301 g/mol. The molecule has 2 aromatic rings. The molecule has 1 saturated carbocycles. The summed E-state index contributed by atoms with van der Waals surface area (Å²) in [4.78, 5) is 7.31. The van der Waals surface area contributed by atoms with Gasteiger partial charge in [0.1, 0.15) is 5.82 Å². The quantitative estimate of drug-likeness (QED) is 0.843. The van der Waals surface area contributed by atoms with Crippen molar-refractivity contribution in [1.82, 2.24) is 10.3 Å². The van der Waals surface area contributed by atoms with Crippen LogP contribution in [-0.2, 0) is 13.1 Å². The minimum Gasteiger partial charge on any atom is -0.349 e. The second-order valence-corrected chi connectivity index (χ2v) is 6.79. The topological polar surface area (TPSA) is 28.2 Å². The molecule has 1 N–H and O–H groups in total. The van der Waals surface area contributed by atoms with Gasteiger partial charge in [-0.25, -0.2) is 4.98 Å². The summed E-state index contributed by atoms with van der Waals surface area (Å²) in [6.45, 7) is 6.14. The molecule has 0 spiro atoms. The van der Waals surface area contributed by atoms with E-state index in [1.807, 2.05) is 0 Å². The van der Waals surface area contributed by atoms with E-state index in [-0.39, 0.29) is 0 Å². The molecule has 21 heavy (non-hydrogen) atoms. The molecule has 1 fully saturated rings. The molecule has 3 nitrogen and oxygen atoms in total. The number of anilines is 1. The number of nitrogens with one attached hydrogen (secondary N) is 1. The van der Waals surface area contributed by atoms with Crippen LogP contribution in [0.1, 0.15) is 37.9 Å². The zero-order valence-electron chi connectivity index (χ0n) is 12.7. The average molecular weight is 301 g/mol. The first kappa shape index (κ1) is 14.5. The van der Waals surface area contributed by atoms with Crippen LogP contribution in [0.2, 0.25) is 0 Å². The van der Waals surface area contributed by atoms with Crippen LogP contribution in [-0.4, -0.2) is 17.1 Å². The zero-order chi connectivity index (χ0) is 14.7. The van der Waals surface area contributed by atoms with Crippen molar-refractivity contribution < 1.29 is 0 Å². The minimum absolute atomic E-state index is 0.487. The molecule has 0 bridgehead atoms. The van der Waals surface area contributed by atoms with Gasteiger partial charge in [0.15, 0.2) is 0 Å². The molecule has 0 aromatic carbocycles. The van der Waals surface area contributed by atoms with E-state index in [9.17, 15) is 0 Å². The van der Waals surface area contributed by atoms with Crippen LogP contribution < -0.4 is 10.2 Å². The van der Waals surface area contributed by atoms with Crippen LogP contribution in [0, 0.1) is 0 Å². The highest BCUT2D eigenvalue weighted by Crippen LogP contribution is 2.32. The Bertz CT molecular complexity index is 561. The van der Waals surface area contributed by atoms with Crippen molar-refractivity contribution in [1.29, 1.82) is 0 Å². The predicted molar refractivity (Wildman–Crippen MR) is 89.7 cm³/mol. The maximum absolute atomic E-state index is 4.85. The van der Waals surface area contributed by atoms with Crippen molar-refractivity contribution >= 4 is 17.2 Å². The largest absolute Gasteiger partial charge is 0.349 e. The number of pyridine rings is 1. The molecule has 0 radical (unpaired) electrons. The van der Waals surface area contributed by atoms with E-state index in [1.165, 1.54) is 18.4 Å². The summed E-state index contributed by atoms with van der Waals surface area (Å²) in [5.41, 5.74) is 2.51. The Morgan fingerprint density at radius 3 is 2.86 bits per heavy atom. The fourth-order valence-electron chi connectivity index (χ4n) is 2.40. The third-order valence-electron chi connectivity index (χ3n) is 3.70. The summed E-state index contributed by atoms with van der Waals surface area (Å²) < 4.78 is 0. The van der Waals surface area contributed by atoms with Gasteiger partial charge >= 0.3 is 0 Å². The summed E-state index contributed by atoms with van der Waals surface area (Å²) >= 11 is 1.77. The number of thiophene rings is 1. The second kappa shape index (κ2) is 6.58. The van der Waals surface area contributed by atoms with Gasteiger partial charge in [0.2, 0.25) is 0 Å². The van der Waals surface area contributed by atoms with Crippen LogP contribution in [0.25, 0.3) is 0 Å². The molecule has 0 unspecified atom stereocenters. The summed E-state index contributed by atoms with van der Waals surface area (Å²) in [6.07, 6.45) is 2.58. The highest BCUT2D eigenvalue weighted by molar-refractivity contribution is 7.07. The fraction of sp³-hybridized carbons (Fsp3) is 0.471. The van der Waals surface area contributed by atoms with Gasteiger partial charge in [0.25, 0.3) is 0 Å². The molecule has 1 aliphatic rings. The molecule has 0 amide bonds. The van der Waals surface area contributed by atoms with Gasteiger partial charge in [0.05, 0.1) is 5.69 Å². The number of nitrogens with zero attached hydrogens (tertiary/aromatic N) is 2. The molecule has 0 saturated heterocycles. The molecule has 112 valence electrons. The lowest BCUT2D eigenvalue weighted by atomic mass is 10.2. The lowest BCUT2D eigenvalue weighted by Crippen LogP contribution is -2.27. The third-order valence-corrected chi connectivity index (χ3v) is 4.43. The van der Waals surface area contributed by atoms with E-state index >= 15 is 0 Å². The molecular weight excluding hydrogens is 278 g/mol. The van der Waals surface area contributed by atoms with Crippen LogP contribution in [0.15, 0.2) is 35.0 Å². The van der Waals surface area contributed by atoms with Gasteiger partial charge in [-0.1, -0.05) is 19.9 Å². The molecule has 3 rings (SSSR count). The number of aromatic nitrogens is 1. The molecular formula is C17H23N3S. The van der Waals surface area contributed by atoms with Crippen molar-refractivity contribution in [3.05, 3.63) is 46.3 Å². The highest BCUT2D eigenvalue weighted by Gasteiger charge is 2.30. The van der Waals surface area contributed by atoms with Gasteiger partial charge < -0.3 is 10.2 Å². The van der Waals surface area contributed by atoms with E-state index in [2.05, 4.69) is 59.1 Å². The van der Waals surface area contributed by atoms with E-state index in [0.717, 1.165) is 24.6 Å².